The summed E-state index contributed by atoms with van der Waals surface area (Å²) in [5.74, 6) is -1.12. The van der Waals surface area contributed by atoms with E-state index in [-0.39, 0.29) is 5.69 Å². The minimum atomic E-state index is -1.66. The van der Waals surface area contributed by atoms with Crippen molar-refractivity contribution in [1.82, 2.24) is 9.97 Å². The molecule has 0 aliphatic heterocycles. The van der Waals surface area contributed by atoms with E-state index in [2.05, 4.69) is 9.97 Å². The molecular formula is C18H15FN2O3. The van der Waals surface area contributed by atoms with Gasteiger partial charge in [0.1, 0.15) is 17.1 Å². The minimum Gasteiger partial charge on any atom is -0.465 e. The molecule has 0 aliphatic rings. The molecule has 2 aromatic heterocycles. The highest BCUT2D eigenvalue weighted by Gasteiger charge is 2.31. The summed E-state index contributed by atoms with van der Waals surface area (Å²) >= 11 is 0. The summed E-state index contributed by atoms with van der Waals surface area (Å²) in [6.45, 7) is 1.45. The smallest absolute Gasteiger partial charge is 0.338 e. The number of carbonyl (C=O) groups excluding carboxylic acids is 1. The Morgan fingerprint density at radius 3 is 2.71 bits per heavy atom. The summed E-state index contributed by atoms with van der Waals surface area (Å²) in [6, 6.07) is 9.11. The van der Waals surface area contributed by atoms with Crippen LogP contribution in [0.4, 0.5) is 4.39 Å². The van der Waals surface area contributed by atoms with E-state index in [1.165, 1.54) is 44.6 Å². The highest BCUT2D eigenvalue weighted by atomic mass is 19.1. The number of fused-ring (bicyclic) bond motifs is 1. The Hall–Kier alpha value is -2.86. The lowest BCUT2D eigenvalue weighted by Crippen LogP contribution is -2.25. The van der Waals surface area contributed by atoms with Gasteiger partial charge in [-0.1, -0.05) is 6.07 Å². The number of nitrogens with zero attached hydrogens (tertiary/aromatic N) is 2. The van der Waals surface area contributed by atoms with Crippen molar-refractivity contribution in [3.63, 3.8) is 0 Å². The molecular weight excluding hydrogens is 311 g/mol. The van der Waals surface area contributed by atoms with E-state index >= 15 is 0 Å². The molecule has 6 heteroatoms. The second-order valence-electron chi connectivity index (χ2n) is 5.49. The Labute approximate surface area is 137 Å². The van der Waals surface area contributed by atoms with Crippen LogP contribution in [-0.2, 0) is 10.3 Å². The molecule has 0 fully saturated rings. The highest BCUT2D eigenvalue weighted by Crippen LogP contribution is 2.32. The summed E-state index contributed by atoms with van der Waals surface area (Å²) in [5.41, 5.74) is -0.470. The van der Waals surface area contributed by atoms with Crippen molar-refractivity contribution in [1.29, 1.82) is 0 Å². The number of hydrogen-bond acceptors (Lipinski definition) is 5. The maximum atomic E-state index is 14.0. The van der Waals surface area contributed by atoms with Gasteiger partial charge in [0.2, 0.25) is 0 Å². The normalized spacial score (nSPS) is 13.5. The van der Waals surface area contributed by atoms with Crippen LogP contribution in [0.25, 0.3) is 10.9 Å². The van der Waals surface area contributed by atoms with Gasteiger partial charge in [-0.15, -0.1) is 0 Å². The number of halogens is 1. The Bertz CT molecular complexity index is 925. The molecule has 3 rings (SSSR count). The van der Waals surface area contributed by atoms with Gasteiger partial charge in [-0.3, -0.25) is 9.97 Å². The number of pyridine rings is 2. The van der Waals surface area contributed by atoms with Crippen LogP contribution in [0.5, 0.6) is 0 Å². The van der Waals surface area contributed by atoms with E-state index in [4.69, 9.17) is 4.74 Å². The first kappa shape index (κ1) is 16.0. The highest BCUT2D eigenvalue weighted by molar-refractivity contribution is 6.03. The second kappa shape index (κ2) is 5.98. The van der Waals surface area contributed by atoms with Gasteiger partial charge < -0.3 is 9.84 Å². The van der Waals surface area contributed by atoms with Gasteiger partial charge >= 0.3 is 5.97 Å². The summed E-state index contributed by atoms with van der Waals surface area (Å²) < 4.78 is 18.8. The molecule has 0 bridgehead atoms. The van der Waals surface area contributed by atoms with Crippen molar-refractivity contribution >= 4 is 16.9 Å². The third-order valence-corrected chi connectivity index (χ3v) is 3.93. The number of esters is 1. The second-order valence-corrected chi connectivity index (χ2v) is 5.49. The molecule has 122 valence electrons. The summed E-state index contributed by atoms with van der Waals surface area (Å²) in [7, 11) is 1.29. The summed E-state index contributed by atoms with van der Waals surface area (Å²) in [4.78, 5) is 20.1. The van der Waals surface area contributed by atoms with Gasteiger partial charge in [0.25, 0.3) is 0 Å². The molecule has 0 saturated heterocycles. The van der Waals surface area contributed by atoms with Crippen LogP contribution < -0.4 is 0 Å². The maximum Gasteiger partial charge on any atom is 0.338 e. The van der Waals surface area contributed by atoms with E-state index in [0.717, 1.165) is 0 Å². The fourth-order valence-electron chi connectivity index (χ4n) is 2.62. The number of rotatable bonds is 3. The van der Waals surface area contributed by atoms with E-state index in [1.807, 2.05) is 0 Å². The molecule has 24 heavy (non-hydrogen) atoms. The van der Waals surface area contributed by atoms with Gasteiger partial charge in [-0.25, -0.2) is 9.18 Å². The van der Waals surface area contributed by atoms with Crippen molar-refractivity contribution in [2.75, 3.05) is 7.11 Å². The standard InChI is InChI=1S/C18H15FN2O3/c1-18(23,16-14(19)4-3-8-21-16)11-5-6-15-13(10-11)12(7-9-20-15)17(22)24-2/h3-10,23H,1-2H3/t18-/m0/s1. The molecule has 2 heterocycles. The topological polar surface area (TPSA) is 72.3 Å². The van der Waals surface area contributed by atoms with E-state index in [1.54, 1.807) is 18.2 Å². The first-order valence-corrected chi connectivity index (χ1v) is 7.26. The van der Waals surface area contributed by atoms with Crippen LogP contribution in [0, 0.1) is 5.82 Å². The fraction of sp³-hybridized carbons (Fsp3) is 0.167. The zero-order valence-electron chi connectivity index (χ0n) is 13.2. The molecule has 0 saturated carbocycles. The monoisotopic (exact) mass is 326 g/mol. The number of hydrogen-bond donors (Lipinski definition) is 1. The fourth-order valence-corrected chi connectivity index (χ4v) is 2.62. The van der Waals surface area contributed by atoms with E-state index < -0.39 is 17.4 Å². The van der Waals surface area contributed by atoms with E-state index in [9.17, 15) is 14.3 Å². The number of methoxy groups -OCH3 is 1. The number of benzene rings is 1. The predicted molar refractivity (Wildman–Crippen MR) is 86.0 cm³/mol. The van der Waals surface area contributed by atoms with Crippen LogP contribution in [0.3, 0.4) is 0 Å². The number of carbonyl (C=O) groups is 1. The Balaban J connectivity index is 2.20. The van der Waals surface area contributed by atoms with Crippen molar-refractivity contribution in [3.05, 3.63) is 71.4 Å². The third-order valence-electron chi connectivity index (χ3n) is 3.93. The SMILES string of the molecule is COC(=O)c1ccnc2ccc([C@](C)(O)c3ncccc3F)cc12. The largest absolute Gasteiger partial charge is 0.465 e. The lowest BCUT2D eigenvalue weighted by atomic mass is 9.90. The first-order chi connectivity index (χ1) is 11.4. The van der Waals surface area contributed by atoms with Crippen LogP contribution in [-0.4, -0.2) is 28.2 Å². The average Bonchev–Trinajstić information content (AvgIpc) is 2.60. The van der Waals surface area contributed by atoms with E-state index in [0.29, 0.717) is 22.0 Å². The molecule has 1 aromatic carbocycles. The van der Waals surface area contributed by atoms with Gasteiger partial charge in [-0.2, -0.15) is 0 Å². The summed E-state index contributed by atoms with van der Waals surface area (Å²) in [5, 5.41) is 11.4. The van der Waals surface area contributed by atoms with Crippen molar-refractivity contribution in [2.24, 2.45) is 0 Å². The van der Waals surface area contributed by atoms with Crippen LogP contribution in [0.15, 0.2) is 48.8 Å². The number of aliphatic hydroxyl groups is 1. The average molecular weight is 326 g/mol. The minimum absolute atomic E-state index is 0.0899. The Kier molecular flexibility index (Phi) is 3.99. The molecule has 5 nitrogen and oxygen atoms in total. The number of aromatic nitrogens is 2. The number of ether oxygens (including phenoxy) is 1. The summed E-state index contributed by atoms with van der Waals surface area (Å²) in [6.07, 6.45) is 2.92. The van der Waals surface area contributed by atoms with Crippen LogP contribution >= 0.6 is 0 Å². The molecule has 0 unspecified atom stereocenters. The quantitative estimate of drug-likeness (QED) is 0.749. The molecule has 1 atom stereocenters. The Morgan fingerprint density at radius 1 is 1.21 bits per heavy atom. The molecule has 0 spiro atoms. The van der Waals surface area contributed by atoms with Gasteiger partial charge in [0.15, 0.2) is 0 Å². The molecule has 3 aromatic rings. The third kappa shape index (κ3) is 2.61. The predicted octanol–water partition coefficient (Wildman–Crippen LogP) is 2.81. The molecule has 0 aliphatic carbocycles. The van der Waals surface area contributed by atoms with Crippen LogP contribution in [0.2, 0.25) is 0 Å². The first-order valence-electron chi connectivity index (χ1n) is 7.26. The Morgan fingerprint density at radius 2 is 2.00 bits per heavy atom. The molecule has 0 amide bonds. The molecule has 0 radical (unpaired) electrons. The zero-order valence-corrected chi connectivity index (χ0v) is 13.2. The van der Waals surface area contributed by atoms with Crippen molar-refractivity contribution < 1.29 is 19.0 Å². The van der Waals surface area contributed by atoms with Crippen LogP contribution in [0.1, 0.15) is 28.5 Å². The van der Waals surface area contributed by atoms with Crippen molar-refractivity contribution in [3.8, 4) is 0 Å². The van der Waals surface area contributed by atoms with Gasteiger partial charge in [0, 0.05) is 17.8 Å². The van der Waals surface area contributed by atoms with Gasteiger partial charge in [-0.05, 0) is 42.8 Å². The lowest BCUT2D eigenvalue weighted by Gasteiger charge is -2.24. The lowest BCUT2D eigenvalue weighted by molar-refractivity contribution is 0.0602. The molecule has 1 N–H and O–H groups in total. The van der Waals surface area contributed by atoms with Gasteiger partial charge in [0.05, 0.1) is 18.2 Å². The zero-order chi connectivity index (χ0) is 17.3. The maximum absolute atomic E-state index is 14.0. The van der Waals surface area contributed by atoms with Crippen molar-refractivity contribution in [2.45, 2.75) is 12.5 Å².